The van der Waals surface area contributed by atoms with Crippen LogP contribution in [-0.2, 0) is 18.8 Å². The third-order valence-corrected chi connectivity index (χ3v) is 5.42. The number of rotatable bonds is 9. The molecule has 158 valence electrons. The first-order valence-corrected chi connectivity index (χ1v) is 10.8. The van der Waals surface area contributed by atoms with Crippen LogP contribution in [0.2, 0.25) is 0 Å². The lowest BCUT2D eigenvalue weighted by Gasteiger charge is -2.07. The molecule has 4 aromatic rings. The molecule has 30 heavy (non-hydrogen) atoms. The van der Waals surface area contributed by atoms with Crippen molar-refractivity contribution in [2.24, 2.45) is 0 Å². The largest absolute Gasteiger partial charge is 0.459 e. The van der Waals surface area contributed by atoms with Crippen LogP contribution < -0.4 is 11.2 Å². The molecule has 0 radical (unpaired) electrons. The molecular weight excluding hydrogens is 408 g/mol. The summed E-state index contributed by atoms with van der Waals surface area (Å²) >= 11 is 1.32. The third-order valence-electron chi connectivity index (χ3n) is 4.61. The van der Waals surface area contributed by atoms with Crippen LogP contribution >= 0.6 is 11.8 Å². The van der Waals surface area contributed by atoms with Crippen LogP contribution in [0.5, 0.6) is 0 Å². The Morgan fingerprint density at radius 1 is 1.13 bits per heavy atom. The molecule has 0 spiro atoms. The molecule has 0 atom stereocenters. The van der Waals surface area contributed by atoms with Crippen LogP contribution in [0.25, 0.3) is 22.8 Å². The van der Waals surface area contributed by atoms with Crippen LogP contribution in [0.3, 0.4) is 0 Å². The molecular formula is C19H22N6O4S. The van der Waals surface area contributed by atoms with Crippen molar-refractivity contribution in [2.45, 2.75) is 57.2 Å². The number of aryl methyl sites for hydroxylation is 2. The zero-order chi connectivity index (χ0) is 21.1. The van der Waals surface area contributed by atoms with E-state index in [1.165, 1.54) is 18.0 Å². The number of imidazole rings is 1. The number of unbranched alkanes of at least 4 members (excludes halogenated alkanes) is 1. The Bertz CT molecular complexity index is 1250. The van der Waals surface area contributed by atoms with E-state index in [1.54, 1.807) is 16.7 Å². The smallest absolute Gasteiger partial charge is 0.330 e. The van der Waals surface area contributed by atoms with Crippen LogP contribution in [0.1, 0.15) is 38.9 Å². The molecule has 0 fully saturated rings. The zero-order valence-electron chi connectivity index (χ0n) is 16.8. The standard InChI is InChI=1S/C19H22N6O4S/c1-3-5-9-25-15-14(16(26)21-18(25)27)24(8-4-2)13(20-15)11-30-19-23-22-17(29-19)12-7-6-10-28-12/h6-7,10H,3-5,8-9,11H2,1-2H3,(H,21,26,27). The number of nitrogens with zero attached hydrogens (tertiary/aromatic N) is 5. The molecule has 0 saturated heterocycles. The lowest BCUT2D eigenvalue weighted by atomic mass is 10.3. The highest BCUT2D eigenvalue weighted by atomic mass is 32.2. The number of furan rings is 1. The van der Waals surface area contributed by atoms with Gasteiger partial charge in [-0.15, -0.1) is 10.2 Å². The fourth-order valence-electron chi connectivity index (χ4n) is 3.21. The molecule has 0 aliphatic heterocycles. The maximum absolute atomic E-state index is 12.6. The Labute approximate surface area is 175 Å². The third kappa shape index (κ3) is 3.84. The van der Waals surface area contributed by atoms with Gasteiger partial charge in [-0.1, -0.05) is 32.0 Å². The minimum Gasteiger partial charge on any atom is -0.459 e. The molecule has 0 bridgehead atoms. The summed E-state index contributed by atoms with van der Waals surface area (Å²) in [6.45, 7) is 5.20. The second-order valence-electron chi connectivity index (χ2n) is 6.76. The SMILES string of the molecule is CCCCn1c(=O)[nH]c(=O)c2c1nc(CSc1nnc(-c3ccco3)o1)n2CCC. The van der Waals surface area contributed by atoms with Crippen molar-refractivity contribution in [1.29, 1.82) is 0 Å². The highest BCUT2D eigenvalue weighted by molar-refractivity contribution is 7.98. The number of H-pyrrole nitrogens is 1. The molecule has 0 amide bonds. The summed E-state index contributed by atoms with van der Waals surface area (Å²) in [7, 11) is 0. The molecule has 11 heteroatoms. The van der Waals surface area contributed by atoms with Gasteiger partial charge in [-0.3, -0.25) is 14.3 Å². The summed E-state index contributed by atoms with van der Waals surface area (Å²) in [6.07, 6.45) is 4.11. The fourth-order valence-corrected chi connectivity index (χ4v) is 3.92. The van der Waals surface area contributed by atoms with Gasteiger partial charge in [0.1, 0.15) is 5.82 Å². The molecule has 1 N–H and O–H groups in total. The Morgan fingerprint density at radius 2 is 2.00 bits per heavy atom. The molecule has 0 aliphatic rings. The van der Waals surface area contributed by atoms with E-state index in [0.29, 0.717) is 52.7 Å². The summed E-state index contributed by atoms with van der Waals surface area (Å²) in [5, 5.41) is 8.39. The monoisotopic (exact) mass is 430 g/mol. The minimum atomic E-state index is -0.429. The van der Waals surface area contributed by atoms with E-state index >= 15 is 0 Å². The van der Waals surface area contributed by atoms with Crippen molar-refractivity contribution in [3.63, 3.8) is 0 Å². The van der Waals surface area contributed by atoms with Gasteiger partial charge in [0.15, 0.2) is 16.9 Å². The predicted molar refractivity (Wildman–Crippen MR) is 111 cm³/mol. The minimum absolute atomic E-state index is 0.300. The number of hydrogen-bond donors (Lipinski definition) is 1. The molecule has 4 heterocycles. The van der Waals surface area contributed by atoms with Gasteiger partial charge in [-0.05, 0) is 25.0 Å². The van der Waals surface area contributed by atoms with E-state index in [-0.39, 0.29) is 0 Å². The topological polar surface area (TPSA) is 125 Å². The van der Waals surface area contributed by atoms with E-state index in [9.17, 15) is 9.59 Å². The zero-order valence-corrected chi connectivity index (χ0v) is 17.6. The first-order valence-electron chi connectivity index (χ1n) is 9.84. The van der Waals surface area contributed by atoms with Gasteiger partial charge in [0, 0.05) is 13.1 Å². The van der Waals surface area contributed by atoms with E-state index < -0.39 is 11.2 Å². The first-order chi connectivity index (χ1) is 14.6. The molecule has 0 unspecified atom stereocenters. The second kappa shape index (κ2) is 8.74. The Balaban J connectivity index is 1.68. The van der Waals surface area contributed by atoms with Crippen molar-refractivity contribution in [1.82, 2.24) is 29.3 Å². The van der Waals surface area contributed by atoms with Crippen molar-refractivity contribution in [3.05, 3.63) is 45.1 Å². The normalized spacial score (nSPS) is 11.5. The lowest BCUT2D eigenvalue weighted by Crippen LogP contribution is -2.31. The van der Waals surface area contributed by atoms with E-state index in [4.69, 9.17) is 8.83 Å². The Hall–Kier alpha value is -3.08. The van der Waals surface area contributed by atoms with Gasteiger partial charge < -0.3 is 13.4 Å². The highest BCUT2D eigenvalue weighted by Crippen LogP contribution is 2.26. The van der Waals surface area contributed by atoms with Crippen molar-refractivity contribution >= 4 is 22.9 Å². The van der Waals surface area contributed by atoms with Gasteiger partial charge in [0.05, 0.1) is 12.0 Å². The number of aromatic amines is 1. The van der Waals surface area contributed by atoms with Crippen LogP contribution in [0, 0.1) is 0 Å². The van der Waals surface area contributed by atoms with Crippen molar-refractivity contribution < 1.29 is 8.83 Å². The summed E-state index contributed by atoms with van der Waals surface area (Å²) in [4.78, 5) is 32.0. The van der Waals surface area contributed by atoms with Gasteiger partial charge in [0.25, 0.3) is 16.7 Å². The van der Waals surface area contributed by atoms with Crippen molar-refractivity contribution in [2.75, 3.05) is 0 Å². The summed E-state index contributed by atoms with van der Waals surface area (Å²) < 4.78 is 14.3. The van der Waals surface area contributed by atoms with Gasteiger partial charge >= 0.3 is 5.69 Å². The Morgan fingerprint density at radius 3 is 2.73 bits per heavy atom. The average molecular weight is 430 g/mol. The summed E-state index contributed by atoms with van der Waals surface area (Å²) in [5.41, 5.74) is -0.00727. The summed E-state index contributed by atoms with van der Waals surface area (Å²) in [6, 6.07) is 3.49. The molecule has 0 saturated carbocycles. The first kappa shape index (κ1) is 20.2. The second-order valence-corrected chi connectivity index (χ2v) is 7.68. The fraction of sp³-hybridized carbons (Fsp3) is 0.421. The molecule has 0 aromatic carbocycles. The van der Waals surface area contributed by atoms with Gasteiger partial charge in [-0.2, -0.15) is 0 Å². The maximum atomic E-state index is 12.6. The van der Waals surface area contributed by atoms with E-state index in [0.717, 1.165) is 19.3 Å². The molecule has 10 nitrogen and oxygen atoms in total. The lowest BCUT2D eigenvalue weighted by molar-refractivity contribution is 0.447. The number of thioether (sulfide) groups is 1. The molecule has 4 rings (SSSR count). The highest BCUT2D eigenvalue weighted by Gasteiger charge is 2.19. The average Bonchev–Trinajstić information content (AvgIpc) is 3.46. The molecule has 0 aliphatic carbocycles. The number of aromatic nitrogens is 6. The number of fused-ring (bicyclic) bond motifs is 1. The summed E-state index contributed by atoms with van der Waals surface area (Å²) in [5.74, 6) is 1.89. The van der Waals surface area contributed by atoms with Crippen LogP contribution in [-0.4, -0.2) is 29.3 Å². The van der Waals surface area contributed by atoms with Crippen LogP contribution in [0.4, 0.5) is 0 Å². The van der Waals surface area contributed by atoms with Gasteiger partial charge in [0.2, 0.25) is 0 Å². The van der Waals surface area contributed by atoms with E-state index in [2.05, 4.69) is 20.2 Å². The van der Waals surface area contributed by atoms with E-state index in [1.807, 2.05) is 18.4 Å². The number of hydrogen-bond acceptors (Lipinski definition) is 8. The van der Waals surface area contributed by atoms with Gasteiger partial charge in [-0.25, -0.2) is 9.78 Å². The quantitative estimate of drug-likeness (QED) is 0.402. The predicted octanol–water partition coefficient (Wildman–Crippen LogP) is 3.03. The Kier molecular flexibility index (Phi) is 5.88. The van der Waals surface area contributed by atoms with Crippen LogP contribution in [0.15, 0.2) is 42.0 Å². The van der Waals surface area contributed by atoms with Crippen molar-refractivity contribution in [3.8, 4) is 11.7 Å². The number of nitrogens with one attached hydrogen (secondary N) is 1. The maximum Gasteiger partial charge on any atom is 0.330 e. The molecule has 4 aromatic heterocycles.